The summed E-state index contributed by atoms with van der Waals surface area (Å²) in [7, 11) is 1.63. The Balaban J connectivity index is 1.34. The SMILES string of the molecule is COc1ccc(CCC(=O)N2CCCN(C(=O)Cn3nc(C)c4ccccc4c3=O)CC2)cc1. The standard InChI is InChI=1S/C26H30N4O4/c1-19-22-6-3-4-7-23(22)26(33)30(27-19)18-25(32)29-15-5-14-28(16-17-29)24(31)13-10-20-8-11-21(34-2)12-9-20/h3-4,6-9,11-12H,5,10,13-18H2,1-2H3. The lowest BCUT2D eigenvalue weighted by Gasteiger charge is -2.22. The Morgan fingerprint density at radius 1 is 0.912 bits per heavy atom. The van der Waals surface area contributed by atoms with Crippen molar-refractivity contribution >= 4 is 22.6 Å². The van der Waals surface area contributed by atoms with Crippen LogP contribution in [-0.4, -0.2) is 64.7 Å². The lowest BCUT2D eigenvalue weighted by Crippen LogP contribution is -2.40. The van der Waals surface area contributed by atoms with Gasteiger partial charge in [0, 0.05) is 38.0 Å². The lowest BCUT2D eigenvalue weighted by molar-refractivity contribution is -0.134. The zero-order chi connectivity index (χ0) is 24.1. The summed E-state index contributed by atoms with van der Waals surface area (Å²) in [6.45, 7) is 3.86. The van der Waals surface area contributed by atoms with Crippen molar-refractivity contribution in [2.24, 2.45) is 0 Å². The van der Waals surface area contributed by atoms with Crippen LogP contribution in [-0.2, 0) is 22.6 Å². The zero-order valence-electron chi connectivity index (χ0n) is 19.7. The van der Waals surface area contributed by atoms with E-state index in [1.165, 1.54) is 4.68 Å². The highest BCUT2D eigenvalue weighted by Gasteiger charge is 2.23. The summed E-state index contributed by atoms with van der Waals surface area (Å²) in [5, 5.41) is 5.71. The molecule has 34 heavy (non-hydrogen) atoms. The smallest absolute Gasteiger partial charge is 0.275 e. The molecular weight excluding hydrogens is 432 g/mol. The van der Waals surface area contributed by atoms with E-state index in [2.05, 4.69) is 5.10 Å². The van der Waals surface area contributed by atoms with Crippen LogP contribution in [0.4, 0.5) is 0 Å². The first-order chi connectivity index (χ1) is 16.5. The fourth-order valence-corrected chi connectivity index (χ4v) is 4.36. The number of rotatable bonds is 6. The van der Waals surface area contributed by atoms with Crippen LogP contribution in [0.1, 0.15) is 24.1 Å². The molecule has 0 atom stereocenters. The number of carbonyl (C=O) groups is 2. The highest BCUT2D eigenvalue weighted by Crippen LogP contribution is 2.15. The third kappa shape index (κ3) is 5.27. The van der Waals surface area contributed by atoms with Crippen LogP contribution in [0.3, 0.4) is 0 Å². The summed E-state index contributed by atoms with van der Waals surface area (Å²) in [6.07, 6.45) is 1.80. The maximum atomic E-state index is 13.0. The van der Waals surface area contributed by atoms with Gasteiger partial charge in [0.2, 0.25) is 11.8 Å². The summed E-state index contributed by atoms with van der Waals surface area (Å²) in [5.74, 6) is 0.730. The molecule has 1 aromatic heterocycles. The maximum Gasteiger partial charge on any atom is 0.275 e. The molecule has 4 rings (SSSR count). The van der Waals surface area contributed by atoms with Gasteiger partial charge in [0.05, 0.1) is 18.2 Å². The average molecular weight is 463 g/mol. The van der Waals surface area contributed by atoms with Gasteiger partial charge in [0.25, 0.3) is 5.56 Å². The minimum absolute atomic E-state index is 0.0909. The van der Waals surface area contributed by atoms with Crippen LogP contribution in [0, 0.1) is 6.92 Å². The third-order valence-corrected chi connectivity index (χ3v) is 6.33. The Labute approximate surface area is 198 Å². The van der Waals surface area contributed by atoms with Gasteiger partial charge in [-0.1, -0.05) is 30.3 Å². The second-order valence-electron chi connectivity index (χ2n) is 8.56. The highest BCUT2D eigenvalue weighted by molar-refractivity contribution is 5.84. The van der Waals surface area contributed by atoms with Crippen LogP contribution >= 0.6 is 0 Å². The van der Waals surface area contributed by atoms with Gasteiger partial charge in [-0.2, -0.15) is 5.10 Å². The fraction of sp³-hybridized carbons (Fsp3) is 0.385. The third-order valence-electron chi connectivity index (χ3n) is 6.33. The number of hydrogen-bond acceptors (Lipinski definition) is 5. The van der Waals surface area contributed by atoms with E-state index in [-0.39, 0.29) is 23.9 Å². The predicted molar refractivity (Wildman–Crippen MR) is 130 cm³/mol. The summed E-state index contributed by atoms with van der Waals surface area (Å²) in [4.78, 5) is 42.1. The molecule has 3 aromatic rings. The van der Waals surface area contributed by atoms with E-state index in [4.69, 9.17) is 4.74 Å². The second kappa shape index (κ2) is 10.5. The van der Waals surface area contributed by atoms with E-state index < -0.39 is 0 Å². The van der Waals surface area contributed by atoms with Crippen molar-refractivity contribution in [3.63, 3.8) is 0 Å². The molecule has 0 N–H and O–H groups in total. The molecule has 2 amide bonds. The zero-order valence-corrected chi connectivity index (χ0v) is 19.7. The molecule has 1 aliphatic heterocycles. The Kier molecular flexibility index (Phi) is 7.25. The summed E-state index contributed by atoms with van der Waals surface area (Å²) in [6, 6.07) is 15.0. The lowest BCUT2D eigenvalue weighted by atomic mass is 10.1. The molecule has 2 heterocycles. The quantitative estimate of drug-likeness (QED) is 0.562. The molecule has 8 nitrogen and oxygen atoms in total. The van der Waals surface area contributed by atoms with Crippen molar-refractivity contribution in [2.45, 2.75) is 32.7 Å². The molecule has 0 radical (unpaired) electrons. The van der Waals surface area contributed by atoms with Crippen molar-refractivity contribution in [1.29, 1.82) is 0 Å². The first-order valence-corrected chi connectivity index (χ1v) is 11.6. The largest absolute Gasteiger partial charge is 0.497 e. The molecule has 8 heteroatoms. The number of amides is 2. The molecule has 1 fully saturated rings. The van der Waals surface area contributed by atoms with Gasteiger partial charge in [-0.3, -0.25) is 14.4 Å². The molecule has 1 aliphatic rings. The van der Waals surface area contributed by atoms with E-state index in [0.717, 1.165) is 16.7 Å². The Hall–Kier alpha value is -3.68. The summed E-state index contributed by atoms with van der Waals surface area (Å²) < 4.78 is 6.42. The number of hydrogen-bond donors (Lipinski definition) is 0. The van der Waals surface area contributed by atoms with Gasteiger partial charge in [0.15, 0.2) is 0 Å². The van der Waals surface area contributed by atoms with Crippen LogP contribution in [0.15, 0.2) is 53.3 Å². The van der Waals surface area contributed by atoms with Crippen LogP contribution in [0.5, 0.6) is 5.75 Å². The normalized spacial score (nSPS) is 14.2. The van der Waals surface area contributed by atoms with Gasteiger partial charge >= 0.3 is 0 Å². The van der Waals surface area contributed by atoms with Gasteiger partial charge in [-0.25, -0.2) is 4.68 Å². The second-order valence-corrected chi connectivity index (χ2v) is 8.56. The van der Waals surface area contributed by atoms with E-state index >= 15 is 0 Å². The fourth-order valence-electron chi connectivity index (χ4n) is 4.36. The van der Waals surface area contributed by atoms with E-state index in [0.29, 0.717) is 56.5 Å². The van der Waals surface area contributed by atoms with Crippen LogP contribution in [0.25, 0.3) is 10.8 Å². The minimum Gasteiger partial charge on any atom is -0.497 e. The molecule has 0 spiro atoms. The van der Waals surface area contributed by atoms with Crippen LogP contribution < -0.4 is 10.3 Å². The monoisotopic (exact) mass is 462 g/mol. The number of ether oxygens (including phenoxy) is 1. The number of fused-ring (bicyclic) bond motifs is 1. The van der Waals surface area contributed by atoms with Crippen molar-refractivity contribution in [2.75, 3.05) is 33.3 Å². The Bertz CT molecular complexity index is 1240. The van der Waals surface area contributed by atoms with Crippen LogP contribution in [0.2, 0.25) is 0 Å². The first kappa shape index (κ1) is 23.5. The number of aromatic nitrogens is 2. The van der Waals surface area contributed by atoms with E-state index in [1.807, 2.05) is 54.3 Å². The summed E-state index contributed by atoms with van der Waals surface area (Å²) >= 11 is 0. The van der Waals surface area contributed by atoms with Gasteiger partial charge in [-0.05, 0) is 43.5 Å². The number of carbonyl (C=O) groups excluding carboxylic acids is 2. The maximum absolute atomic E-state index is 13.0. The van der Waals surface area contributed by atoms with Crippen molar-refractivity contribution < 1.29 is 14.3 Å². The molecule has 1 saturated heterocycles. The number of aryl methyl sites for hydroxylation is 2. The molecule has 178 valence electrons. The van der Waals surface area contributed by atoms with Crippen molar-refractivity contribution in [3.05, 3.63) is 70.1 Å². The van der Waals surface area contributed by atoms with Gasteiger partial charge < -0.3 is 14.5 Å². The highest BCUT2D eigenvalue weighted by atomic mass is 16.5. The number of methoxy groups -OCH3 is 1. The number of benzene rings is 2. The Morgan fingerprint density at radius 2 is 1.56 bits per heavy atom. The topological polar surface area (TPSA) is 84.7 Å². The minimum atomic E-state index is -0.264. The molecule has 2 aromatic carbocycles. The van der Waals surface area contributed by atoms with Crippen molar-refractivity contribution in [1.82, 2.24) is 19.6 Å². The van der Waals surface area contributed by atoms with Gasteiger partial charge in [0.1, 0.15) is 12.3 Å². The van der Waals surface area contributed by atoms with E-state index in [9.17, 15) is 14.4 Å². The van der Waals surface area contributed by atoms with E-state index in [1.54, 1.807) is 18.1 Å². The molecule has 0 bridgehead atoms. The van der Waals surface area contributed by atoms with Gasteiger partial charge in [-0.15, -0.1) is 0 Å². The Morgan fingerprint density at radius 3 is 2.24 bits per heavy atom. The molecule has 0 aliphatic carbocycles. The molecular formula is C26H30N4O4. The molecule has 0 unspecified atom stereocenters. The average Bonchev–Trinajstić information content (AvgIpc) is 3.12. The van der Waals surface area contributed by atoms with Crippen molar-refractivity contribution in [3.8, 4) is 5.75 Å². The predicted octanol–water partition coefficient (Wildman–Crippen LogP) is 2.41. The molecule has 0 saturated carbocycles. The first-order valence-electron chi connectivity index (χ1n) is 11.6. The summed E-state index contributed by atoms with van der Waals surface area (Å²) in [5.41, 5.74) is 1.54. The number of nitrogens with zero attached hydrogens (tertiary/aromatic N) is 4.